The van der Waals surface area contributed by atoms with Crippen molar-refractivity contribution in [2.24, 2.45) is 0 Å². The fourth-order valence-electron chi connectivity index (χ4n) is 3.26. The zero-order chi connectivity index (χ0) is 24.5. The number of rotatable bonds is 7. The number of carbonyl (C=O) groups excluding carboxylic acids is 1. The molecule has 4 N–H and O–H groups in total. The van der Waals surface area contributed by atoms with Crippen LogP contribution >= 0.6 is 11.3 Å². The number of alkyl halides is 3. The molecule has 4 aromatic rings. The Balaban J connectivity index is 1.68. The Labute approximate surface area is 193 Å². The molecule has 14 heteroatoms. The van der Waals surface area contributed by atoms with E-state index in [2.05, 4.69) is 30.7 Å². The number of anilines is 2. The average Bonchev–Trinajstić information content (AvgIpc) is 3.31. The lowest BCUT2D eigenvalue weighted by molar-refractivity contribution is -0.274. The molecule has 0 fully saturated rings. The lowest BCUT2D eigenvalue weighted by Crippen LogP contribution is -2.25. The van der Waals surface area contributed by atoms with Crippen LogP contribution in [0.15, 0.2) is 36.4 Å². The standard InChI is InChI=1S/C20H17F3N6O4S/c1-24-16(30)10-2-5-14-13(8-10)26-17(29(14)7-6-25-19(31)32)28-18-27-12-4-3-11(9-15(12)34-18)33-20(21,22)23/h2-5,8-9,25H,6-7H2,1H3,(H,24,30)(H,31,32)(H,26,27,28). The predicted molar refractivity (Wildman–Crippen MR) is 119 cm³/mol. The van der Waals surface area contributed by atoms with Crippen LogP contribution in [0, 0.1) is 0 Å². The van der Waals surface area contributed by atoms with E-state index < -0.39 is 12.5 Å². The summed E-state index contributed by atoms with van der Waals surface area (Å²) in [4.78, 5) is 31.7. The van der Waals surface area contributed by atoms with E-state index in [0.717, 1.165) is 11.3 Å². The molecule has 178 valence electrons. The minimum atomic E-state index is -4.80. The van der Waals surface area contributed by atoms with Gasteiger partial charge in [-0.2, -0.15) is 0 Å². The van der Waals surface area contributed by atoms with Gasteiger partial charge in [-0.25, -0.2) is 14.8 Å². The van der Waals surface area contributed by atoms with Crippen molar-refractivity contribution in [2.45, 2.75) is 12.9 Å². The van der Waals surface area contributed by atoms with Gasteiger partial charge >= 0.3 is 12.5 Å². The van der Waals surface area contributed by atoms with Crippen molar-refractivity contribution in [1.82, 2.24) is 25.2 Å². The number of halogens is 3. The molecule has 2 heterocycles. The first-order valence-corrected chi connectivity index (χ1v) is 10.6. The van der Waals surface area contributed by atoms with E-state index in [0.29, 0.717) is 37.9 Å². The Bertz CT molecular complexity index is 1380. The van der Waals surface area contributed by atoms with Crippen molar-refractivity contribution < 1.29 is 32.6 Å². The highest BCUT2D eigenvalue weighted by Crippen LogP contribution is 2.33. The molecule has 0 spiro atoms. The average molecular weight is 494 g/mol. The van der Waals surface area contributed by atoms with Gasteiger partial charge in [-0.3, -0.25) is 4.79 Å². The topological polar surface area (TPSA) is 130 Å². The van der Waals surface area contributed by atoms with Crippen molar-refractivity contribution in [1.29, 1.82) is 0 Å². The molecule has 0 radical (unpaired) electrons. The van der Waals surface area contributed by atoms with Gasteiger partial charge in [-0.15, -0.1) is 13.2 Å². The van der Waals surface area contributed by atoms with Crippen molar-refractivity contribution in [2.75, 3.05) is 18.9 Å². The second kappa shape index (κ2) is 9.05. The zero-order valence-electron chi connectivity index (χ0n) is 17.4. The Hall–Kier alpha value is -4.07. The Morgan fingerprint density at radius 3 is 2.65 bits per heavy atom. The molecule has 0 atom stereocenters. The number of hydrogen-bond acceptors (Lipinski definition) is 7. The van der Waals surface area contributed by atoms with Gasteiger partial charge in [0.25, 0.3) is 5.91 Å². The summed E-state index contributed by atoms with van der Waals surface area (Å²) in [5.74, 6) is -0.326. The third-order valence-corrected chi connectivity index (χ3v) is 5.59. The molecule has 0 unspecified atom stereocenters. The molecule has 34 heavy (non-hydrogen) atoms. The normalized spacial score (nSPS) is 11.5. The Morgan fingerprint density at radius 1 is 1.15 bits per heavy atom. The van der Waals surface area contributed by atoms with E-state index in [1.165, 1.54) is 25.2 Å². The van der Waals surface area contributed by atoms with Crippen LogP contribution in [0.2, 0.25) is 0 Å². The summed E-state index contributed by atoms with van der Waals surface area (Å²) in [7, 11) is 1.51. The van der Waals surface area contributed by atoms with Crippen molar-refractivity contribution in [3.63, 3.8) is 0 Å². The number of ether oxygens (including phenoxy) is 1. The molecule has 4 rings (SSSR count). The lowest BCUT2D eigenvalue weighted by Gasteiger charge is -2.09. The number of nitrogens with one attached hydrogen (secondary N) is 3. The number of imidazole rings is 1. The highest BCUT2D eigenvalue weighted by Gasteiger charge is 2.31. The first-order valence-electron chi connectivity index (χ1n) is 9.75. The van der Waals surface area contributed by atoms with Crippen LogP contribution in [-0.4, -0.2) is 51.6 Å². The quantitative estimate of drug-likeness (QED) is 0.306. The van der Waals surface area contributed by atoms with E-state index in [4.69, 9.17) is 5.11 Å². The molecule has 0 aliphatic heterocycles. The number of amides is 2. The summed E-state index contributed by atoms with van der Waals surface area (Å²) in [5, 5.41) is 17.1. The molecular weight excluding hydrogens is 477 g/mol. The monoisotopic (exact) mass is 494 g/mol. The van der Waals surface area contributed by atoms with Gasteiger partial charge in [0.1, 0.15) is 5.75 Å². The fraction of sp³-hybridized carbons (Fsp3) is 0.200. The third-order valence-electron chi connectivity index (χ3n) is 4.66. The number of carbonyl (C=O) groups is 2. The second-order valence-corrected chi connectivity index (χ2v) is 7.95. The summed E-state index contributed by atoms with van der Waals surface area (Å²) in [6.45, 7) is 0.309. The molecule has 2 aromatic heterocycles. The first kappa shape index (κ1) is 23.1. The van der Waals surface area contributed by atoms with E-state index in [9.17, 15) is 22.8 Å². The lowest BCUT2D eigenvalue weighted by atomic mass is 10.2. The smallest absolute Gasteiger partial charge is 0.465 e. The number of aromatic nitrogens is 3. The van der Waals surface area contributed by atoms with Crippen LogP contribution in [0.3, 0.4) is 0 Å². The molecule has 2 amide bonds. The van der Waals surface area contributed by atoms with Crippen LogP contribution in [0.1, 0.15) is 10.4 Å². The molecule has 0 bridgehead atoms. The van der Waals surface area contributed by atoms with Crippen LogP contribution in [-0.2, 0) is 6.54 Å². The number of carboxylic acid groups (broad SMARTS) is 1. The number of fused-ring (bicyclic) bond motifs is 2. The number of benzene rings is 2. The SMILES string of the molecule is CNC(=O)c1ccc2c(c1)nc(Nc1nc3ccc(OC(F)(F)F)cc3s1)n2CCNC(=O)O. The van der Waals surface area contributed by atoms with Crippen LogP contribution in [0.25, 0.3) is 21.3 Å². The van der Waals surface area contributed by atoms with Gasteiger partial charge in [-0.1, -0.05) is 11.3 Å². The molecule has 10 nitrogen and oxygen atoms in total. The molecular formula is C20H17F3N6O4S. The summed E-state index contributed by atoms with van der Waals surface area (Å²) in [5.41, 5.74) is 1.98. The maximum absolute atomic E-state index is 12.5. The Kier molecular flexibility index (Phi) is 6.15. The first-order chi connectivity index (χ1) is 16.1. The van der Waals surface area contributed by atoms with Crippen molar-refractivity contribution in [3.8, 4) is 5.75 Å². The molecule has 0 aliphatic carbocycles. The predicted octanol–water partition coefficient (Wildman–Crippen LogP) is 3.92. The molecule has 2 aromatic carbocycles. The van der Waals surface area contributed by atoms with Gasteiger partial charge in [0.05, 0.1) is 21.3 Å². The number of thiazole rings is 1. The van der Waals surface area contributed by atoms with Crippen molar-refractivity contribution >= 4 is 55.7 Å². The van der Waals surface area contributed by atoms with Gasteiger partial charge < -0.3 is 30.4 Å². The maximum Gasteiger partial charge on any atom is 0.573 e. The van der Waals surface area contributed by atoms with E-state index >= 15 is 0 Å². The molecule has 0 saturated heterocycles. The largest absolute Gasteiger partial charge is 0.573 e. The number of hydrogen-bond donors (Lipinski definition) is 4. The zero-order valence-corrected chi connectivity index (χ0v) is 18.3. The van der Waals surface area contributed by atoms with Gasteiger partial charge in [0.2, 0.25) is 5.95 Å². The van der Waals surface area contributed by atoms with E-state index in [-0.39, 0.29) is 24.7 Å². The minimum Gasteiger partial charge on any atom is -0.465 e. The van der Waals surface area contributed by atoms with E-state index in [1.54, 1.807) is 22.8 Å². The second-order valence-electron chi connectivity index (χ2n) is 6.92. The highest BCUT2D eigenvalue weighted by atomic mass is 32.1. The minimum absolute atomic E-state index is 0.0880. The fourth-order valence-corrected chi connectivity index (χ4v) is 4.15. The van der Waals surface area contributed by atoms with E-state index in [1.807, 2.05) is 0 Å². The number of nitrogens with zero attached hydrogens (tertiary/aromatic N) is 3. The molecule has 0 saturated carbocycles. The molecule has 0 aliphatic rings. The van der Waals surface area contributed by atoms with Crippen molar-refractivity contribution in [3.05, 3.63) is 42.0 Å². The van der Waals surface area contributed by atoms with Gasteiger partial charge in [0, 0.05) is 31.8 Å². The maximum atomic E-state index is 12.5. The third kappa shape index (κ3) is 5.11. The van der Waals surface area contributed by atoms with Gasteiger partial charge in [-0.05, 0) is 30.3 Å². The van der Waals surface area contributed by atoms with Crippen LogP contribution in [0.4, 0.5) is 29.0 Å². The van der Waals surface area contributed by atoms with Crippen LogP contribution < -0.4 is 20.7 Å². The highest BCUT2D eigenvalue weighted by molar-refractivity contribution is 7.22. The summed E-state index contributed by atoms with van der Waals surface area (Å²) >= 11 is 1.09. The summed E-state index contributed by atoms with van der Waals surface area (Å²) in [6.07, 6.45) is -5.98. The summed E-state index contributed by atoms with van der Waals surface area (Å²) < 4.78 is 43.6. The van der Waals surface area contributed by atoms with Gasteiger partial charge in [0.15, 0.2) is 5.13 Å². The Morgan fingerprint density at radius 2 is 1.94 bits per heavy atom. The van der Waals surface area contributed by atoms with Crippen LogP contribution in [0.5, 0.6) is 5.75 Å². The summed E-state index contributed by atoms with van der Waals surface area (Å²) in [6, 6.07) is 8.73.